The van der Waals surface area contributed by atoms with Gasteiger partial charge in [-0.3, -0.25) is 4.99 Å². The standard InChI is InChI=1S/C19H35N3OS.HI/c1-5-20-19(22-14-17(8-9-23)11-15(2)3)21-13-16(4)12-18-7-6-10-24-18;/h6-7,10,15-17,23H,5,8-9,11-14H2,1-4H3,(H2,20,21,22);1H. The molecule has 25 heavy (non-hydrogen) atoms. The van der Waals surface area contributed by atoms with Gasteiger partial charge in [0.25, 0.3) is 0 Å². The normalized spacial score (nSPS) is 14.1. The molecule has 0 spiro atoms. The van der Waals surface area contributed by atoms with Crippen molar-refractivity contribution in [3.8, 4) is 0 Å². The summed E-state index contributed by atoms with van der Waals surface area (Å²) in [4.78, 5) is 6.17. The Kier molecular flexibility index (Phi) is 14.6. The van der Waals surface area contributed by atoms with Crippen LogP contribution in [0.1, 0.15) is 45.4 Å². The van der Waals surface area contributed by atoms with E-state index in [-0.39, 0.29) is 30.6 Å². The molecular formula is C19H36IN3OS. The van der Waals surface area contributed by atoms with Crippen molar-refractivity contribution in [2.24, 2.45) is 22.7 Å². The van der Waals surface area contributed by atoms with Crippen LogP contribution in [0.15, 0.2) is 22.5 Å². The molecule has 2 unspecified atom stereocenters. The molecule has 0 aliphatic heterocycles. The van der Waals surface area contributed by atoms with Crippen molar-refractivity contribution in [3.63, 3.8) is 0 Å². The molecule has 0 saturated heterocycles. The fourth-order valence-corrected chi connectivity index (χ4v) is 3.69. The van der Waals surface area contributed by atoms with E-state index in [4.69, 9.17) is 4.99 Å². The molecule has 146 valence electrons. The Morgan fingerprint density at radius 3 is 2.60 bits per heavy atom. The molecule has 1 aromatic heterocycles. The lowest BCUT2D eigenvalue weighted by Crippen LogP contribution is -2.40. The van der Waals surface area contributed by atoms with Crippen molar-refractivity contribution in [2.45, 2.75) is 47.0 Å². The highest BCUT2D eigenvalue weighted by molar-refractivity contribution is 14.0. The molecule has 0 aliphatic rings. The molecule has 0 fully saturated rings. The van der Waals surface area contributed by atoms with E-state index < -0.39 is 0 Å². The molecule has 0 saturated carbocycles. The van der Waals surface area contributed by atoms with Crippen LogP contribution in [0.5, 0.6) is 0 Å². The lowest BCUT2D eigenvalue weighted by Gasteiger charge is -2.20. The summed E-state index contributed by atoms with van der Waals surface area (Å²) < 4.78 is 0. The van der Waals surface area contributed by atoms with Gasteiger partial charge in [0.2, 0.25) is 0 Å². The third kappa shape index (κ3) is 11.8. The first kappa shape index (κ1) is 24.7. The van der Waals surface area contributed by atoms with Crippen LogP contribution in [0.25, 0.3) is 0 Å². The number of hydrogen-bond donors (Lipinski definition) is 3. The topological polar surface area (TPSA) is 56.7 Å². The minimum atomic E-state index is 0. The zero-order valence-corrected chi connectivity index (χ0v) is 19.3. The molecule has 0 bridgehead atoms. The number of thiophene rings is 1. The van der Waals surface area contributed by atoms with Gasteiger partial charge in [0, 0.05) is 31.1 Å². The summed E-state index contributed by atoms with van der Waals surface area (Å²) in [6, 6.07) is 4.30. The molecule has 0 radical (unpaired) electrons. The summed E-state index contributed by atoms with van der Waals surface area (Å²) in [6.07, 6.45) is 3.06. The average molecular weight is 481 g/mol. The summed E-state index contributed by atoms with van der Waals surface area (Å²) >= 11 is 1.82. The molecule has 1 rings (SSSR count). The van der Waals surface area contributed by atoms with Crippen LogP contribution in [0.3, 0.4) is 0 Å². The predicted octanol–water partition coefficient (Wildman–Crippen LogP) is 4.14. The monoisotopic (exact) mass is 481 g/mol. The van der Waals surface area contributed by atoms with Gasteiger partial charge >= 0.3 is 0 Å². The second-order valence-electron chi connectivity index (χ2n) is 7.00. The van der Waals surface area contributed by atoms with E-state index in [2.05, 4.69) is 55.8 Å². The van der Waals surface area contributed by atoms with Gasteiger partial charge < -0.3 is 15.7 Å². The minimum absolute atomic E-state index is 0. The van der Waals surface area contributed by atoms with Gasteiger partial charge in [-0.15, -0.1) is 35.3 Å². The van der Waals surface area contributed by atoms with E-state index in [0.717, 1.165) is 44.9 Å². The molecule has 0 aliphatic carbocycles. The van der Waals surface area contributed by atoms with Gasteiger partial charge in [-0.05, 0) is 55.4 Å². The average Bonchev–Trinajstić information content (AvgIpc) is 3.02. The first-order valence-electron chi connectivity index (χ1n) is 9.20. The number of aliphatic hydroxyl groups excluding tert-OH is 1. The Balaban J connectivity index is 0.00000576. The second-order valence-corrected chi connectivity index (χ2v) is 8.03. The largest absolute Gasteiger partial charge is 0.396 e. The van der Waals surface area contributed by atoms with Crippen molar-refractivity contribution < 1.29 is 5.11 Å². The Labute approximate surface area is 174 Å². The van der Waals surface area contributed by atoms with Crippen LogP contribution in [0.2, 0.25) is 0 Å². The van der Waals surface area contributed by atoms with E-state index in [1.54, 1.807) is 0 Å². The smallest absolute Gasteiger partial charge is 0.191 e. The summed E-state index contributed by atoms with van der Waals surface area (Å²) in [5, 5.41) is 18.2. The number of rotatable bonds is 11. The lowest BCUT2D eigenvalue weighted by atomic mass is 9.94. The molecule has 3 N–H and O–H groups in total. The first-order chi connectivity index (χ1) is 11.5. The third-order valence-electron chi connectivity index (χ3n) is 3.94. The molecule has 2 atom stereocenters. The van der Waals surface area contributed by atoms with Crippen LogP contribution in [0, 0.1) is 17.8 Å². The van der Waals surface area contributed by atoms with Crippen LogP contribution >= 0.6 is 35.3 Å². The maximum absolute atomic E-state index is 9.24. The van der Waals surface area contributed by atoms with Gasteiger partial charge in [0.05, 0.1) is 0 Å². The summed E-state index contributed by atoms with van der Waals surface area (Å²) in [6.45, 7) is 11.6. The van der Waals surface area contributed by atoms with Crippen LogP contribution in [0.4, 0.5) is 0 Å². The fraction of sp³-hybridized carbons (Fsp3) is 0.737. The summed E-state index contributed by atoms with van der Waals surface area (Å²) in [7, 11) is 0. The van der Waals surface area contributed by atoms with Crippen LogP contribution in [-0.2, 0) is 6.42 Å². The number of nitrogens with zero attached hydrogens (tertiary/aromatic N) is 1. The van der Waals surface area contributed by atoms with E-state index in [1.165, 1.54) is 4.88 Å². The Morgan fingerprint density at radius 2 is 2.04 bits per heavy atom. The highest BCUT2D eigenvalue weighted by atomic mass is 127. The number of halogens is 1. The van der Waals surface area contributed by atoms with E-state index in [1.807, 2.05) is 11.3 Å². The maximum atomic E-state index is 9.24. The Hall–Kier alpha value is -0.340. The van der Waals surface area contributed by atoms with Gasteiger partial charge in [0.1, 0.15) is 0 Å². The zero-order valence-electron chi connectivity index (χ0n) is 16.1. The minimum Gasteiger partial charge on any atom is -0.396 e. The molecule has 6 heteroatoms. The molecule has 4 nitrogen and oxygen atoms in total. The van der Waals surface area contributed by atoms with Gasteiger partial charge in [-0.2, -0.15) is 0 Å². The molecular weight excluding hydrogens is 445 g/mol. The van der Waals surface area contributed by atoms with Crippen molar-refractivity contribution >= 4 is 41.3 Å². The molecule has 0 aromatic carbocycles. The predicted molar refractivity (Wildman–Crippen MR) is 121 cm³/mol. The van der Waals surface area contributed by atoms with Crippen LogP contribution in [-0.4, -0.2) is 37.3 Å². The quantitative estimate of drug-likeness (QED) is 0.253. The van der Waals surface area contributed by atoms with Crippen molar-refractivity contribution in [3.05, 3.63) is 22.4 Å². The zero-order chi connectivity index (χ0) is 17.8. The summed E-state index contributed by atoms with van der Waals surface area (Å²) in [5.41, 5.74) is 0. The van der Waals surface area contributed by atoms with Crippen molar-refractivity contribution in [1.29, 1.82) is 0 Å². The highest BCUT2D eigenvalue weighted by Crippen LogP contribution is 2.15. The lowest BCUT2D eigenvalue weighted by molar-refractivity contribution is 0.243. The van der Waals surface area contributed by atoms with E-state index >= 15 is 0 Å². The van der Waals surface area contributed by atoms with E-state index in [9.17, 15) is 5.11 Å². The van der Waals surface area contributed by atoms with E-state index in [0.29, 0.717) is 17.8 Å². The number of guanidine groups is 1. The number of hydrogen-bond acceptors (Lipinski definition) is 3. The number of aliphatic hydroxyl groups is 1. The molecule has 1 aromatic rings. The van der Waals surface area contributed by atoms with Gasteiger partial charge in [-0.25, -0.2) is 0 Å². The molecule has 1 heterocycles. The number of nitrogens with one attached hydrogen (secondary N) is 2. The van der Waals surface area contributed by atoms with Crippen molar-refractivity contribution in [1.82, 2.24) is 10.6 Å². The maximum Gasteiger partial charge on any atom is 0.191 e. The van der Waals surface area contributed by atoms with Crippen LogP contribution < -0.4 is 10.6 Å². The summed E-state index contributed by atoms with van der Waals surface area (Å²) in [5.74, 6) is 2.56. The Bertz CT molecular complexity index is 452. The first-order valence-corrected chi connectivity index (χ1v) is 10.1. The fourth-order valence-electron chi connectivity index (χ4n) is 2.82. The number of aliphatic imine (C=N–C) groups is 1. The SMILES string of the molecule is CCNC(=NCC(C)Cc1cccs1)NCC(CCO)CC(C)C.I. The Morgan fingerprint density at radius 1 is 1.28 bits per heavy atom. The van der Waals surface area contributed by atoms with Gasteiger partial charge in [0.15, 0.2) is 5.96 Å². The van der Waals surface area contributed by atoms with Gasteiger partial charge in [-0.1, -0.05) is 26.8 Å². The molecule has 0 amide bonds. The third-order valence-corrected chi connectivity index (χ3v) is 4.83. The second kappa shape index (κ2) is 14.8. The highest BCUT2D eigenvalue weighted by Gasteiger charge is 2.12. The van der Waals surface area contributed by atoms with Crippen molar-refractivity contribution in [2.75, 3.05) is 26.2 Å².